The zero-order valence-corrected chi connectivity index (χ0v) is 27.8. The molecule has 0 heteroatoms. The van der Waals surface area contributed by atoms with Crippen LogP contribution < -0.4 is 0 Å². The third-order valence-corrected chi connectivity index (χ3v) is 12.7. The van der Waals surface area contributed by atoms with Crippen molar-refractivity contribution in [1.29, 1.82) is 0 Å². The molecule has 0 radical (unpaired) electrons. The number of rotatable bonds is 9. The quantitative estimate of drug-likeness (QED) is 0.289. The van der Waals surface area contributed by atoms with Crippen LogP contribution >= 0.6 is 0 Å². The first-order chi connectivity index (χ1) is 19.6. The molecule has 0 amide bonds. The maximum absolute atomic E-state index is 2.52. The summed E-state index contributed by atoms with van der Waals surface area (Å²) < 4.78 is 0. The normalized spacial score (nSPS) is 28.5. The van der Waals surface area contributed by atoms with Gasteiger partial charge in [0.1, 0.15) is 0 Å². The predicted octanol–water partition coefficient (Wildman–Crippen LogP) is 12.1. The van der Waals surface area contributed by atoms with E-state index < -0.39 is 0 Å². The molecular formula is C41H62. The van der Waals surface area contributed by atoms with Crippen LogP contribution in [-0.2, 0) is 5.41 Å². The Morgan fingerprint density at radius 2 is 1.24 bits per heavy atom. The summed E-state index contributed by atoms with van der Waals surface area (Å²) in [6, 6.07) is 23.9. The summed E-state index contributed by atoms with van der Waals surface area (Å²) in [6.45, 7) is 17.5. The lowest BCUT2D eigenvalue weighted by molar-refractivity contribution is 0.0565. The molecule has 0 heterocycles. The Balaban J connectivity index is 1.60. The van der Waals surface area contributed by atoms with Gasteiger partial charge in [-0.3, -0.25) is 0 Å². The standard InChI is InChI=1S/C41H62/c1-8-17-31(39(2,3)4)25-24-30-28-38(37-29-35(40(5,6)7)26-27-36(30)37)41(34-22-15-16-23-34,32-18-11-9-12-19-32)33-20-13-10-14-21-33/h9-14,18-21,30-31,34-38H,8,15-17,22-29H2,1-7H3. The van der Waals surface area contributed by atoms with Crippen molar-refractivity contribution in [3.8, 4) is 0 Å². The minimum atomic E-state index is 0.142. The molecule has 0 nitrogen and oxygen atoms in total. The fourth-order valence-corrected chi connectivity index (χ4v) is 10.5. The van der Waals surface area contributed by atoms with Crippen molar-refractivity contribution in [1.82, 2.24) is 0 Å². The Labute approximate surface area is 254 Å². The lowest BCUT2D eigenvalue weighted by Gasteiger charge is -2.50. The highest BCUT2D eigenvalue weighted by molar-refractivity contribution is 5.43. The molecule has 5 rings (SSSR count). The van der Waals surface area contributed by atoms with Crippen LogP contribution in [0.5, 0.6) is 0 Å². The highest BCUT2D eigenvalue weighted by Crippen LogP contribution is 2.64. The molecule has 226 valence electrons. The summed E-state index contributed by atoms with van der Waals surface area (Å²) in [6.07, 6.45) is 17.0. The SMILES string of the molecule is CCCC(CCC1CC(C(c2ccccc2)(c2ccccc2)C2CCCC2)C2CC(C(C)(C)C)CCC12)C(C)(C)C. The van der Waals surface area contributed by atoms with Crippen LogP contribution in [0.25, 0.3) is 0 Å². The fourth-order valence-electron chi connectivity index (χ4n) is 10.5. The van der Waals surface area contributed by atoms with Crippen LogP contribution in [-0.4, -0.2) is 0 Å². The minimum Gasteiger partial charge on any atom is -0.0654 e. The second kappa shape index (κ2) is 12.6. The number of benzene rings is 2. The highest BCUT2D eigenvalue weighted by atomic mass is 14.6. The molecule has 0 aromatic heterocycles. The molecule has 3 aliphatic carbocycles. The number of fused-ring (bicyclic) bond motifs is 1. The van der Waals surface area contributed by atoms with Gasteiger partial charge < -0.3 is 0 Å². The molecule has 2 aromatic carbocycles. The lowest BCUT2D eigenvalue weighted by Crippen LogP contribution is -2.46. The van der Waals surface area contributed by atoms with Crippen molar-refractivity contribution < 1.29 is 0 Å². The van der Waals surface area contributed by atoms with E-state index in [1.54, 1.807) is 11.1 Å². The van der Waals surface area contributed by atoms with Gasteiger partial charge in [0, 0.05) is 5.41 Å². The first-order valence-electron chi connectivity index (χ1n) is 17.7. The van der Waals surface area contributed by atoms with Crippen LogP contribution in [0.2, 0.25) is 0 Å². The van der Waals surface area contributed by atoms with Gasteiger partial charge in [-0.2, -0.15) is 0 Å². The van der Waals surface area contributed by atoms with Crippen molar-refractivity contribution in [3.63, 3.8) is 0 Å². The van der Waals surface area contributed by atoms with E-state index in [1.807, 2.05) is 0 Å². The maximum Gasteiger partial charge on any atom is 0.0262 e. The van der Waals surface area contributed by atoms with Gasteiger partial charge in [-0.15, -0.1) is 0 Å². The van der Waals surface area contributed by atoms with E-state index >= 15 is 0 Å². The molecule has 2 aromatic rings. The van der Waals surface area contributed by atoms with Gasteiger partial charge in [0.2, 0.25) is 0 Å². The monoisotopic (exact) mass is 554 g/mol. The van der Waals surface area contributed by atoms with Crippen LogP contribution in [0.4, 0.5) is 0 Å². The maximum atomic E-state index is 2.52. The first-order valence-corrected chi connectivity index (χ1v) is 17.7. The third kappa shape index (κ3) is 6.24. The van der Waals surface area contributed by atoms with E-state index in [2.05, 4.69) is 109 Å². The molecule has 41 heavy (non-hydrogen) atoms. The Morgan fingerprint density at radius 3 is 1.76 bits per heavy atom. The summed E-state index contributed by atoms with van der Waals surface area (Å²) >= 11 is 0. The zero-order valence-electron chi connectivity index (χ0n) is 27.8. The molecule has 6 atom stereocenters. The van der Waals surface area contributed by atoms with Gasteiger partial charge in [0.25, 0.3) is 0 Å². The van der Waals surface area contributed by atoms with Crippen molar-refractivity contribution in [2.45, 2.75) is 131 Å². The van der Waals surface area contributed by atoms with Crippen molar-refractivity contribution in [2.24, 2.45) is 52.3 Å². The molecule has 6 unspecified atom stereocenters. The van der Waals surface area contributed by atoms with Crippen molar-refractivity contribution in [3.05, 3.63) is 71.8 Å². The molecule has 0 N–H and O–H groups in total. The zero-order chi connectivity index (χ0) is 29.3. The summed E-state index contributed by atoms with van der Waals surface area (Å²) in [5, 5.41) is 0. The van der Waals surface area contributed by atoms with Crippen LogP contribution in [0.3, 0.4) is 0 Å². The lowest BCUT2D eigenvalue weighted by atomic mass is 9.53. The van der Waals surface area contributed by atoms with Crippen LogP contribution in [0, 0.1) is 52.3 Å². The second-order valence-electron chi connectivity index (χ2n) is 16.8. The van der Waals surface area contributed by atoms with Crippen molar-refractivity contribution >= 4 is 0 Å². The molecule has 0 bridgehead atoms. The third-order valence-electron chi connectivity index (χ3n) is 12.7. The average Bonchev–Trinajstić information content (AvgIpc) is 3.61. The van der Waals surface area contributed by atoms with E-state index in [-0.39, 0.29) is 5.41 Å². The topological polar surface area (TPSA) is 0 Å². The van der Waals surface area contributed by atoms with Crippen LogP contribution in [0.15, 0.2) is 60.7 Å². The van der Waals surface area contributed by atoms with Crippen LogP contribution in [0.1, 0.15) is 137 Å². The van der Waals surface area contributed by atoms with E-state index in [9.17, 15) is 0 Å². The predicted molar refractivity (Wildman–Crippen MR) is 178 cm³/mol. The molecule has 0 saturated heterocycles. The van der Waals surface area contributed by atoms with E-state index in [1.165, 1.54) is 77.0 Å². The van der Waals surface area contributed by atoms with Gasteiger partial charge >= 0.3 is 0 Å². The van der Waals surface area contributed by atoms with Gasteiger partial charge in [0.05, 0.1) is 0 Å². The molecule has 3 fully saturated rings. The summed E-state index contributed by atoms with van der Waals surface area (Å²) in [5.74, 6) is 5.84. The Morgan fingerprint density at radius 1 is 0.659 bits per heavy atom. The smallest absolute Gasteiger partial charge is 0.0262 e. The average molecular weight is 555 g/mol. The van der Waals surface area contributed by atoms with Gasteiger partial charge in [-0.1, -0.05) is 135 Å². The Kier molecular flexibility index (Phi) is 9.48. The highest BCUT2D eigenvalue weighted by Gasteiger charge is 2.58. The minimum absolute atomic E-state index is 0.142. The molecule has 0 aliphatic heterocycles. The molecule has 3 saturated carbocycles. The number of hydrogen-bond donors (Lipinski definition) is 0. The van der Waals surface area contributed by atoms with E-state index in [4.69, 9.17) is 0 Å². The molecular weight excluding hydrogens is 492 g/mol. The Hall–Kier alpha value is -1.56. The first kappa shape index (κ1) is 30.9. The largest absolute Gasteiger partial charge is 0.0654 e. The van der Waals surface area contributed by atoms with Crippen molar-refractivity contribution in [2.75, 3.05) is 0 Å². The van der Waals surface area contributed by atoms with Gasteiger partial charge in [-0.25, -0.2) is 0 Å². The van der Waals surface area contributed by atoms with E-state index in [0.29, 0.717) is 10.8 Å². The Bertz CT molecular complexity index is 1020. The van der Waals surface area contributed by atoms with E-state index in [0.717, 1.165) is 41.4 Å². The number of hydrogen-bond acceptors (Lipinski definition) is 0. The summed E-state index contributed by atoms with van der Waals surface area (Å²) in [5.41, 5.74) is 4.21. The summed E-state index contributed by atoms with van der Waals surface area (Å²) in [4.78, 5) is 0. The molecule has 0 spiro atoms. The second-order valence-corrected chi connectivity index (χ2v) is 16.8. The summed E-state index contributed by atoms with van der Waals surface area (Å²) in [7, 11) is 0. The van der Waals surface area contributed by atoms with Gasteiger partial charge in [0.15, 0.2) is 0 Å². The fraction of sp³-hybridized carbons (Fsp3) is 0.707. The molecule has 3 aliphatic rings. The van der Waals surface area contributed by atoms with Gasteiger partial charge in [-0.05, 0) is 115 Å².